The van der Waals surface area contributed by atoms with Gasteiger partial charge in [0.15, 0.2) is 0 Å². The molecule has 46 valence electrons. The molecule has 0 amide bonds. The zero-order valence-electron chi connectivity index (χ0n) is 4.20. The molecule has 0 rings (SSSR count). The average Bonchev–Trinajstić information content (AvgIpc) is 1.33. The van der Waals surface area contributed by atoms with E-state index in [1.807, 2.05) is 0 Å². The number of halogens is 2. The summed E-state index contributed by atoms with van der Waals surface area (Å²) < 4.78 is 0. The molecule has 0 spiro atoms. The number of rotatable bonds is 0. The molecule has 0 unspecified atom stereocenters. The van der Waals surface area contributed by atoms with E-state index in [0.29, 0.717) is 0 Å². The Labute approximate surface area is 53.8 Å². The minimum atomic E-state index is -0.167. The van der Waals surface area contributed by atoms with Gasteiger partial charge in [0.2, 0.25) is 0 Å². The highest BCUT2D eigenvalue weighted by Gasteiger charge is 1.66. The molecule has 0 aromatic rings. The summed E-state index contributed by atoms with van der Waals surface area (Å²) >= 11 is 9.53. The van der Waals surface area contributed by atoms with Gasteiger partial charge in [0.1, 0.15) is 0 Å². The summed E-state index contributed by atoms with van der Waals surface area (Å²) in [6.07, 6.45) is -0.167. The minimum absolute atomic E-state index is 0.167. The minimum Gasteiger partial charge on any atom is -0.316 e. The van der Waals surface area contributed by atoms with Crippen molar-refractivity contribution >= 4 is 23.2 Å². The Morgan fingerprint density at radius 3 is 1.43 bits per heavy atom. The van der Waals surface area contributed by atoms with Gasteiger partial charge in [-0.2, -0.15) is 0 Å². The maximum atomic E-state index is 4.89. The Hall–Kier alpha value is 0.500. The molecule has 0 heterocycles. The first kappa shape index (κ1) is 10.5. The fourth-order valence-corrected chi connectivity index (χ4v) is 0. The van der Waals surface area contributed by atoms with Gasteiger partial charge < -0.3 is 11.5 Å². The van der Waals surface area contributed by atoms with E-state index in [-0.39, 0.29) is 11.5 Å². The summed E-state index contributed by atoms with van der Waals surface area (Å²) in [5.41, 5.74) is 9.78. The monoisotopic (exact) mass is 144 g/mol. The van der Waals surface area contributed by atoms with Crippen molar-refractivity contribution in [1.82, 2.24) is 0 Å². The van der Waals surface area contributed by atoms with Crippen molar-refractivity contribution in [3.8, 4) is 0 Å². The van der Waals surface area contributed by atoms with E-state index < -0.39 is 0 Å². The second-order valence-corrected chi connectivity index (χ2v) is 1.77. The van der Waals surface area contributed by atoms with Crippen LogP contribution >= 0.6 is 23.2 Å². The summed E-state index contributed by atoms with van der Waals surface area (Å²) in [5.74, 6) is 0. The van der Waals surface area contributed by atoms with E-state index in [9.17, 15) is 0 Å². The SMILES string of the molecule is CC(N)N.ClCCl. The van der Waals surface area contributed by atoms with Crippen molar-refractivity contribution in [2.24, 2.45) is 11.5 Å². The van der Waals surface area contributed by atoms with Gasteiger partial charge >= 0.3 is 0 Å². The summed E-state index contributed by atoms with van der Waals surface area (Å²) in [6, 6.07) is 0. The predicted molar refractivity (Wildman–Crippen MR) is 34.4 cm³/mol. The topological polar surface area (TPSA) is 52.0 Å². The summed E-state index contributed by atoms with van der Waals surface area (Å²) in [6.45, 7) is 1.72. The Morgan fingerprint density at radius 2 is 1.43 bits per heavy atom. The van der Waals surface area contributed by atoms with Crippen molar-refractivity contribution in [3.63, 3.8) is 0 Å². The van der Waals surface area contributed by atoms with Gasteiger partial charge in [-0.1, -0.05) is 0 Å². The molecule has 0 aromatic heterocycles. The van der Waals surface area contributed by atoms with Gasteiger partial charge in [-0.15, -0.1) is 23.2 Å². The van der Waals surface area contributed by atoms with E-state index in [4.69, 9.17) is 34.7 Å². The van der Waals surface area contributed by atoms with Crippen LogP contribution in [0.5, 0.6) is 0 Å². The van der Waals surface area contributed by atoms with Crippen LogP contribution in [0.3, 0.4) is 0 Å². The normalized spacial score (nSPS) is 7.71. The van der Waals surface area contributed by atoms with Crippen LogP contribution < -0.4 is 11.5 Å². The van der Waals surface area contributed by atoms with Gasteiger partial charge in [-0.05, 0) is 6.92 Å². The molecule has 0 atom stereocenters. The van der Waals surface area contributed by atoms with Crippen LogP contribution in [0.25, 0.3) is 0 Å². The van der Waals surface area contributed by atoms with E-state index >= 15 is 0 Å². The van der Waals surface area contributed by atoms with Crippen LogP contribution in [0.1, 0.15) is 6.92 Å². The fraction of sp³-hybridized carbons (Fsp3) is 1.00. The quantitative estimate of drug-likeness (QED) is 0.388. The summed E-state index contributed by atoms with van der Waals surface area (Å²) in [5, 5.41) is 0.194. The first-order valence-corrected chi connectivity index (χ1v) is 2.85. The van der Waals surface area contributed by atoms with Crippen LogP contribution in [0, 0.1) is 0 Å². The number of nitrogens with two attached hydrogens (primary N) is 2. The fourth-order valence-electron chi connectivity index (χ4n) is 0. The standard InChI is InChI=1S/C2H8N2.CH2Cl2/c1-2(3)4;2-1-3/h2H,3-4H2,1H3;1H2. The molecule has 2 nitrogen and oxygen atoms in total. The third kappa shape index (κ3) is 527. The molecule has 0 aromatic carbocycles. The van der Waals surface area contributed by atoms with Gasteiger partial charge in [0.25, 0.3) is 0 Å². The van der Waals surface area contributed by atoms with Crippen LogP contribution in [-0.4, -0.2) is 11.5 Å². The zero-order valence-corrected chi connectivity index (χ0v) is 5.71. The lowest BCUT2D eigenvalue weighted by Gasteiger charge is -1.83. The highest BCUT2D eigenvalue weighted by atomic mass is 35.5. The number of hydrogen-bond donors (Lipinski definition) is 2. The molecule has 0 fully saturated rings. The Balaban J connectivity index is 0. The van der Waals surface area contributed by atoms with Crippen LogP contribution in [0.2, 0.25) is 0 Å². The van der Waals surface area contributed by atoms with Crippen LogP contribution in [-0.2, 0) is 0 Å². The number of alkyl halides is 2. The lowest BCUT2D eigenvalue weighted by atomic mass is 10.7. The van der Waals surface area contributed by atoms with Gasteiger partial charge in [0.05, 0.1) is 5.34 Å². The number of hydrogen-bond acceptors (Lipinski definition) is 2. The van der Waals surface area contributed by atoms with E-state index in [2.05, 4.69) is 0 Å². The molecule has 7 heavy (non-hydrogen) atoms. The van der Waals surface area contributed by atoms with E-state index in [0.717, 1.165) is 0 Å². The van der Waals surface area contributed by atoms with Crippen LogP contribution in [0.15, 0.2) is 0 Å². The van der Waals surface area contributed by atoms with Gasteiger partial charge in [-0.25, -0.2) is 0 Å². The smallest absolute Gasteiger partial charge is 0.0967 e. The van der Waals surface area contributed by atoms with Gasteiger partial charge in [-0.3, -0.25) is 0 Å². The zero-order chi connectivity index (χ0) is 6.28. The average molecular weight is 145 g/mol. The molecule has 0 aliphatic carbocycles. The highest BCUT2D eigenvalue weighted by molar-refractivity contribution is 6.40. The maximum absolute atomic E-state index is 4.89. The predicted octanol–water partition coefficient (Wildman–Crippen LogP) is 0.671. The van der Waals surface area contributed by atoms with Crippen molar-refractivity contribution < 1.29 is 0 Å². The second-order valence-electron chi connectivity index (χ2n) is 0.960. The lowest BCUT2D eigenvalue weighted by Crippen LogP contribution is -2.25. The van der Waals surface area contributed by atoms with Crippen molar-refractivity contribution in [2.45, 2.75) is 13.1 Å². The molecule has 0 bridgehead atoms. The second kappa shape index (κ2) is 9.71. The summed E-state index contributed by atoms with van der Waals surface area (Å²) in [4.78, 5) is 0. The Kier molecular flexibility index (Phi) is 14.5. The molecule has 0 radical (unpaired) electrons. The first-order valence-electron chi connectivity index (χ1n) is 1.78. The van der Waals surface area contributed by atoms with Crippen molar-refractivity contribution in [2.75, 3.05) is 5.34 Å². The Bertz CT molecular complexity index is 22.1. The Morgan fingerprint density at radius 1 is 1.43 bits per heavy atom. The summed E-state index contributed by atoms with van der Waals surface area (Å²) in [7, 11) is 0. The largest absolute Gasteiger partial charge is 0.316 e. The molecular weight excluding hydrogens is 135 g/mol. The third-order valence-corrected chi connectivity index (χ3v) is 0. The first-order chi connectivity index (χ1) is 3.15. The molecule has 4 N–H and O–H groups in total. The van der Waals surface area contributed by atoms with E-state index in [1.54, 1.807) is 6.92 Å². The lowest BCUT2D eigenvalue weighted by molar-refractivity contribution is 0.790. The van der Waals surface area contributed by atoms with Crippen molar-refractivity contribution in [1.29, 1.82) is 0 Å². The molecule has 0 aliphatic rings. The third-order valence-electron chi connectivity index (χ3n) is 0. The highest BCUT2D eigenvalue weighted by Crippen LogP contribution is 1.73. The molecule has 4 heteroatoms. The van der Waals surface area contributed by atoms with Gasteiger partial charge in [0, 0.05) is 6.17 Å². The molecular formula is C3H10Cl2N2. The maximum Gasteiger partial charge on any atom is 0.0967 e. The molecule has 0 saturated carbocycles. The van der Waals surface area contributed by atoms with E-state index in [1.165, 1.54) is 0 Å². The molecule has 0 saturated heterocycles. The molecule has 0 aliphatic heterocycles. The van der Waals surface area contributed by atoms with Crippen LogP contribution in [0.4, 0.5) is 0 Å². The van der Waals surface area contributed by atoms with Crippen molar-refractivity contribution in [3.05, 3.63) is 0 Å².